The van der Waals surface area contributed by atoms with Crippen LogP contribution in [0.3, 0.4) is 0 Å². The number of aromatic nitrogens is 2. The zero-order valence-electron chi connectivity index (χ0n) is 12.4. The SMILES string of the molecule is CCc1c(CNCC(C)C)cnn1-c1cccc(F)c1. The Balaban J connectivity index is 2.21. The Morgan fingerprint density at radius 1 is 1.35 bits per heavy atom. The number of halogens is 1. The Bertz CT molecular complexity index is 561. The zero-order chi connectivity index (χ0) is 14.5. The van der Waals surface area contributed by atoms with Gasteiger partial charge in [0.2, 0.25) is 0 Å². The third-order valence-corrected chi connectivity index (χ3v) is 3.21. The predicted molar refractivity (Wildman–Crippen MR) is 79.4 cm³/mol. The van der Waals surface area contributed by atoms with Crippen molar-refractivity contribution in [3.63, 3.8) is 0 Å². The van der Waals surface area contributed by atoms with E-state index in [0.29, 0.717) is 5.92 Å². The lowest BCUT2D eigenvalue weighted by atomic mass is 10.2. The van der Waals surface area contributed by atoms with Crippen molar-refractivity contribution in [2.75, 3.05) is 6.54 Å². The van der Waals surface area contributed by atoms with Crippen molar-refractivity contribution < 1.29 is 4.39 Å². The second-order valence-electron chi connectivity index (χ2n) is 5.39. The average Bonchev–Trinajstić information content (AvgIpc) is 2.81. The quantitative estimate of drug-likeness (QED) is 0.876. The summed E-state index contributed by atoms with van der Waals surface area (Å²) >= 11 is 0. The molecule has 1 heterocycles. The van der Waals surface area contributed by atoms with E-state index >= 15 is 0 Å². The highest BCUT2D eigenvalue weighted by Crippen LogP contribution is 2.16. The normalized spacial score (nSPS) is 11.2. The first-order valence-corrected chi connectivity index (χ1v) is 7.14. The Labute approximate surface area is 119 Å². The number of nitrogens with one attached hydrogen (secondary N) is 1. The molecule has 108 valence electrons. The van der Waals surface area contributed by atoms with Crippen molar-refractivity contribution in [1.82, 2.24) is 15.1 Å². The molecule has 1 aromatic heterocycles. The zero-order valence-corrected chi connectivity index (χ0v) is 12.4. The van der Waals surface area contributed by atoms with Crippen LogP contribution in [0, 0.1) is 11.7 Å². The molecule has 0 saturated heterocycles. The lowest BCUT2D eigenvalue weighted by Gasteiger charge is -2.10. The third-order valence-electron chi connectivity index (χ3n) is 3.21. The molecule has 2 aromatic rings. The molecule has 4 heteroatoms. The van der Waals surface area contributed by atoms with E-state index in [1.807, 2.05) is 16.9 Å². The molecule has 0 spiro atoms. The molecule has 0 fully saturated rings. The standard InChI is InChI=1S/C16H22FN3/c1-4-16-13(10-18-9-12(2)3)11-19-20(16)15-7-5-6-14(17)8-15/h5-8,11-12,18H,4,9-10H2,1-3H3. The second-order valence-corrected chi connectivity index (χ2v) is 5.39. The van der Waals surface area contributed by atoms with Gasteiger partial charge in [-0.3, -0.25) is 0 Å². The van der Waals surface area contributed by atoms with Crippen molar-refractivity contribution in [3.05, 3.63) is 47.5 Å². The van der Waals surface area contributed by atoms with Crippen LogP contribution in [0.4, 0.5) is 4.39 Å². The molecule has 0 aliphatic rings. The van der Waals surface area contributed by atoms with Gasteiger partial charge in [0, 0.05) is 17.8 Å². The van der Waals surface area contributed by atoms with E-state index < -0.39 is 0 Å². The van der Waals surface area contributed by atoms with Crippen LogP contribution in [0.1, 0.15) is 32.0 Å². The number of benzene rings is 1. The molecule has 3 nitrogen and oxygen atoms in total. The monoisotopic (exact) mass is 275 g/mol. The highest BCUT2D eigenvalue weighted by Gasteiger charge is 2.11. The van der Waals surface area contributed by atoms with Gasteiger partial charge in [0.05, 0.1) is 11.9 Å². The van der Waals surface area contributed by atoms with Crippen molar-refractivity contribution in [2.45, 2.75) is 33.7 Å². The molecule has 0 amide bonds. The minimum absolute atomic E-state index is 0.237. The molecule has 1 N–H and O–H groups in total. The summed E-state index contributed by atoms with van der Waals surface area (Å²) in [5, 5.41) is 7.83. The molecule has 0 aliphatic heterocycles. The van der Waals surface area contributed by atoms with E-state index in [9.17, 15) is 4.39 Å². The van der Waals surface area contributed by atoms with Crippen molar-refractivity contribution >= 4 is 0 Å². The first kappa shape index (κ1) is 14.7. The number of nitrogens with zero attached hydrogens (tertiary/aromatic N) is 2. The van der Waals surface area contributed by atoms with E-state index in [1.54, 1.807) is 6.07 Å². The van der Waals surface area contributed by atoms with Gasteiger partial charge in [-0.15, -0.1) is 0 Å². The van der Waals surface area contributed by atoms with Crippen LogP contribution in [0.2, 0.25) is 0 Å². The first-order valence-electron chi connectivity index (χ1n) is 7.14. The van der Waals surface area contributed by atoms with Gasteiger partial charge in [0.25, 0.3) is 0 Å². The van der Waals surface area contributed by atoms with Crippen LogP contribution in [0.25, 0.3) is 5.69 Å². The van der Waals surface area contributed by atoms with E-state index in [-0.39, 0.29) is 5.82 Å². The highest BCUT2D eigenvalue weighted by molar-refractivity contribution is 5.35. The molecule has 0 aliphatic carbocycles. The number of rotatable bonds is 6. The summed E-state index contributed by atoms with van der Waals surface area (Å²) in [5.74, 6) is 0.387. The van der Waals surface area contributed by atoms with Crippen molar-refractivity contribution in [3.8, 4) is 5.69 Å². The van der Waals surface area contributed by atoms with Gasteiger partial charge in [-0.05, 0) is 37.1 Å². The maximum Gasteiger partial charge on any atom is 0.125 e. The van der Waals surface area contributed by atoms with Crippen LogP contribution in [0.5, 0.6) is 0 Å². The molecule has 0 saturated carbocycles. The smallest absolute Gasteiger partial charge is 0.125 e. The van der Waals surface area contributed by atoms with Crippen molar-refractivity contribution in [2.24, 2.45) is 5.92 Å². The van der Waals surface area contributed by atoms with Crippen LogP contribution < -0.4 is 5.32 Å². The first-order chi connectivity index (χ1) is 9.61. The molecule has 0 radical (unpaired) electrons. The van der Waals surface area contributed by atoms with Crippen molar-refractivity contribution in [1.29, 1.82) is 0 Å². The summed E-state index contributed by atoms with van der Waals surface area (Å²) in [5.41, 5.74) is 3.08. The molecule has 2 rings (SSSR count). The number of hydrogen-bond donors (Lipinski definition) is 1. The minimum Gasteiger partial charge on any atom is -0.312 e. The summed E-state index contributed by atoms with van der Waals surface area (Å²) in [4.78, 5) is 0. The molecule has 0 atom stereocenters. The fraction of sp³-hybridized carbons (Fsp3) is 0.438. The fourth-order valence-electron chi connectivity index (χ4n) is 2.26. The maximum atomic E-state index is 13.3. The fourth-order valence-corrected chi connectivity index (χ4v) is 2.26. The third kappa shape index (κ3) is 3.45. The molecule has 1 aromatic carbocycles. The second kappa shape index (κ2) is 6.66. The Morgan fingerprint density at radius 3 is 2.80 bits per heavy atom. The number of hydrogen-bond acceptors (Lipinski definition) is 2. The topological polar surface area (TPSA) is 29.9 Å². The van der Waals surface area contributed by atoms with Gasteiger partial charge in [0.15, 0.2) is 0 Å². The summed E-state index contributed by atoms with van der Waals surface area (Å²) < 4.78 is 15.2. The molecule has 0 bridgehead atoms. The molecular weight excluding hydrogens is 253 g/mol. The van der Waals surface area contributed by atoms with Crippen LogP contribution >= 0.6 is 0 Å². The van der Waals surface area contributed by atoms with E-state index in [1.165, 1.54) is 17.7 Å². The Kier molecular flexibility index (Phi) is 4.90. The molecule has 0 unspecified atom stereocenters. The molecule has 20 heavy (non-hydrogen) atoms. The average molecular weight is 275 g/mol. The molecular formula is C16H22FN3. The van der Waals surface area contributed by atoms with Crippen LogP contribution in [-0.4, -0.2) is 16.3 Å². The van der Waals surface area contributed by atoms with Crippen LogP contribution in [0.15, 0.2) is 30.5 Å². The van der Waals surface area contributed by atoms with Crippen LogP contribution in [-0.2, 0) is 13.0 Å². The lowest BCUT2D eigenvalue weighted by molar-refractivity contribution is 0.551. The van der Waals surface area contributed by atoms with Gasteiger partial charge in [0.1, 0.15) is 5.82 Å². The van der Waals surface area contributed by atoms with Gasteiger partial charge < -0.3 is 5.32 Å². The minimum atomic E-state index is -0.237. The summed E-state index contributed by atoms with van der Waals surface area (Å²) in [6.07, 6.45) is 2.74. The Hall–Kier alpha value is -1.68. The van der Waals surface area contributed by atoms with Gasteiger partial charge in [-0.25, -0.2) is 9.07 Å². The Morgan fingerprint density at radius 2 is 2.15 bits per heavy atom. The van der Waals surface area contributed by atoms with E-state index in [4.69, 9.17) is 0 Å². The lowest BCUT2D eigenvalue weighted by Crippen LogP contribution is -2.19. The van der Waals surface area contributed by atoms with E-state index in [2.05, 4.69) is 31.2 Å². The largest absolute Gasteiger partial charge is 0.312 e. The van der Waals surface area contributed by atoms with Gasteiger partial charge >= 0.3 is 0 Å². The maximum absolute atomic E-state index is 13.3. The van der Waals surface area contributed by atoms with Gasteiger partial charge in [-0.1, -0.05) is 26.8 Å². The van der Waals surface area contributed by atoms with Gasteiger partial charge in [-0.2, -0.15) is 5.10 Å². The summed E-state index contributed by atoms with van der Waals surface area (Å²) in [7, 11) is 0. The predicted octanol–water partition coefficient (Wildman–Crippen LogP) is 3.32. The van der Waals surface area contributed by atoms with E-state index in [0.717, 1.165) is 30.9 Å². The highest BCUT2D eigenvalue weighted by atomic mass is 19.1. The summed E-state index contributed by atoms with van der Waals surface area (Å²) in [6.45, 7) is 8.25. The summed E-state index contributed by atoms with van der Waals surface area (Å²) in [6, 6.07) is 6.55.